The average Bonchev–Trinajstić information content (AvgIpc) is 2.55. The second kappa shape index (κ2) is 8.29. The van der Waals surface area contributed by atoms with Crippen molar-refractivity contribution in [1.82, 2.24) is 0 Å². The number of rotatable bonds is 7. The number of hydrogen-bond acceptors (Lipinski definition) is 4. The van der Waals surface area contributed by atoms with Gasteiger partial charge in [0.1, 0.15) is 24.2 Å². The van der Waals surface area contributed by atoms with Crippen molar-refractivity contribution < 1.29 is 18.7 Å². The Morgan fingerprint density at radius 2 is 1.87 bits per heavy atom. The number of esters is 1. The van der Waals surface area contributed by atoms with E-state index in [9.17, 15) is 9.18 Å². The summed E-state index contributed by atoms with van der Waals surface area (Å²) >= 11 is 0. The summed E-state index contributed by atoms with van der Waals surface area (Å²) in [5.41, 5.74) is 7.18. The minimum atomic E-state index is -0.680. The van der Waals surface area contributed by atoms with Gasteiger partial charge in [-0.3, -0.25) is 4.79 Å². The summed E-state index contributed by atoms with van der Waals surface area (Å²) in [6.07, 6.45) is 0.395. The van der Waals surface area contributed by atoms with E-state index in [-0.39, 0.29) is 12.4 Å². The van der Waals surface area contributed by atoms with Crippen LogP contribution in [0.15, 0.2) is 48.5 Å². The van der Waals surface area contributed by atoms with Crippen molar-refractivity contribution in [3.05, 3.63) is 65.5 Å². The molecule has 0 aliphatic heterocycles. The Hall–Kier alpha value is -2.40. The fraction of sp³-hybridized carbons (Fsp3) is 0.278. The van der Waals surface area contributed by atoms with E-state index in [1.165, 1.54) is 6.07 Å². The molecule has 0 amide bonds. The highest BCUT2D eigenvalue weighted by molar-refractivity contribution is 5.75. The SMILES string of the molecule is CCOC(=O)C(N)Cc1ccc(OCc2ccccc2F)cc1. The molecule has 0 bridgehead atoms. The van der Waals surface area contributed by atoms with Gasteiger partial charge < -0.3 is 15.2 Å². The fourth-order valence-corrected chi connectivity index (χ4v) is 2.08. The van der Waals surface area contributed by atoms with Crippen LogP contribution >= 0.6 is 0 Å². The number of nitrogens with two attached hydrogens (primary N) is 1. The molecule has 23 heavy (non-hydrogen) atoms. The van der Waals surface area contributed by atoms with E-state index >= 15 is 0 Å². The molecule has 0 aromatic heterocycles. The summed E-state index contributed by atoms with van der Waals surface area (Å²) < 4.78 is 23.9. The molecule has 2 N–H and O–H groups in total. The van der Waals surface area contributed by atoms with Crippen LogP contribution in [0.4, 0.5) is 4.39 Å². The molecule has 122 valence electrons. The molecule has 1 atom stereocenters. The second-order valence-corrected chi connectivity index (χ2v) is 5.09. The normalized spacial score (nSPS) is 11.8. The maximum Gasteiger partial charge on any atom is 0.323 e. The van der Waals surface area contributed by atoms with Gasteiger partial charge >= 0.3 is 5.97 Å². The Labute approximate surface area is 135 Å². The maximum atomic E-state index is 13.5. The molecule has 0 fully saturated rings. The third kappa shape index (κ3) is 5.07. The van der Waals surface area contributed by atoms with Crippen molar-refractivity contribution in [3.63, 3.8) is 0 Å². The molecule has 0 saturated heterocycles. The molecule has 5 heteroatoms. The number of benzene rings is 2. The lowest BCUT2D eigenvalue weighted by atomic mass is 10.1. The van der Waals surface area contributed by atoms with Crippen LogP contribution < -0.4 is 10.5 Å². The van der Waals surface area contributed by atoms with Crippen molar-refractivity contribution in [2.24, 2.45) is 5.73 Å². The van der Waals surface area contributed by atoms with Crippen molar-refractivity contribution in [1.29, 1.82) is 0 Å². The van der Waals surface area contributed by atoms with E-state index in [0.717, 1.165) is 5.56 Å². The number of halogens is 1. The minimum absolute atomic E-state index is 0.161. The van der Waals surface area contributed by atoms with Gasteiger partial charge in [-0.25, -0.2) is 4.39 Å². The van der Waals surface area contributed by atoms with Crippen LogP contribution in [-0.2, 0) is 22.6 Å². The molecule has 4 nitrogen and oxygen atoms in total. The molecule has 1 unspecified atom stereocenters. The monoisotopic (exact) mass is 317 g/mol. The van der Waals surface area contributed by atoms with Gasteiger partial charge in [0.15, 0.2) is 0 Å². The van der Waals surface area contributed by atoms with Crippen molar-refractivity contribution in [2.45, 2.75) is 26.0 Å². The third-order valence-electron chi connectivity index (χ3n) is 3.32. The van der Waals surface area contributed by atoms with Crippen LogP contribution in [0.2, 0.25) is 0 Å². The van der Waals surface area contributed by atoms with Crippen LogP contribution in [0.3, 0.4) is 0 Å². The maximum absolute atomic E-state index is 13.5. The van der Waals surface area contributed by atoms with Gasteiger partial charge in [0.05, 0.1) is 6.61 Å². The quantitative estimate of drug-likeness (QED) is 0.798. The Morgan fingerprint density at radius 1 is 1.17 bits per heavy atom. The Bertz CT molecular complexity index is 643. The van der Waals surface area contributed by atoms with Crippen molar-refractivity contribution in [3.8, 4) is 5.75 Å². The lowest BCUT2D eigenvalue weighted by molar-refractivity contribution is -0.144. The first-order valence-corrected chi connectivity index (χ1v) is 7.47. The van der Waals surface area contributed by atoms with E-state index in [1.807, 2.05) is 12.1 Å². The van der Waals surface area contributed by atoms with Crippen LogP contribution in [-0.4, -0.2) is 18.6 Å². The molecule has 0 aliphatic carbocycles. The largest absolute Gasteiger partial charge is 0.489 e. The number of carbonyl (C=O) groups excluding carboxylic acids is 1. The molecule has 0 aliphatic rings. The third-order valence-corrected chi connectivity index (χ3v) is 3.32. The van der Waals surface area contributed by atoms with Crippen LogP contribution in [0.25, 0.3) is 0 Å². The summed E-state index contributed by atoms with van der Waals surface area (Å²) in [4.78, 5) is 11.5. The molecule has 0 heterocycles. The van der Waals surface area contributed by atoms with Crippen LogP contribution in [0.5, 0.6) is 5.75 Å². The Balaban J connectivity index is 1.89. The predicted molar refractivity (Wildman–Crippen MR) is 85.5 cm³/mol. The highest BCUT2D eigenvalue weighted by Crippen LogP contribution is 2.16. The summed E-state index contributed by atoms with van der Waals surface area (Å²) in [5.74, 6) is -0.0707. The zero-order valence-electron chi connectivity index (χ0n) is 13.0. The molecular weight excluding hydrogens is 297 g/mol. The molecular formula is C18H20FNO3. The number of ether oxygens (including phenoxy) is 2. The van der Waals surface area contributed by atoms with Gasteiger partial charge in [0.25, 0.3) is 0 Å². The van der Waals surface area contributed by atoms with Gasteiger partial charge in [-0.2, -0.15) is 0 Å². The zero-order valence-corrected chi connectivity index (χ0v) is 13.0. The minimum Gasteiger partial charge on any atom is -0.489 e. The second-order valence-electron chi connectivity index (χ2n) is 5.09. The molecule has 0 radical (unpaired) electrons. The lowest BCUT2D eigenvalue weighted by Gasteiger charge is -2.11. The van der Waals surface area contributed by atoms with Crippen LogP contribution in [0.1, 0.15) is 18.1 Å². The number of carbonyl (C=O) groups is 1. The fourth-order valence-electron chi connectivity index (χ4n) is 2.08. The van der Waals surface area contributed by atoms with E-state index in [4.69, 9.17) is 15.2 Å². The van der Waals surface area contributed by atoms with Gasteiger partial charge in [0.2, 0.25) is 0 Å². The molecule has 0 spiro atoms. The topological polar surface area (TPSA) is 61.5 Å². The van der Waals surface area contributed by atoms with Gasteiger partial charge in [-0.1, -0.05) is 30.3 Å². The smallest absolute Gasteiger partial charge is 0.323 e. The summed E-state index contributed by atoms with van der Waals surface area (Å²) in [5, 5.41) is 0. The molecule has 2 aromatic carbocycles. The lowest BCUT2D eigenvalue weighted by Crippen LogP contribution is -2.34. The molecule has 2 aromatic rings. The van der Waals surface area contributed by atoms with E-state index in [1.54, 1.807) is 37.3 Å². The van der Waals surface area contributed by atoms with E-state index < -0.39 is 12.0 Å². The van der Waals surface area contributed by atoms with Crippen molar-refractivity contribution >= 4 is 5.97 Å². The predicted octanol–water partition coefficient (Wildman–Crippen LogP) is 2.84. The zero-order chi connectivity index (χ0) is 16.7. The Kier molecular flexibility index (Phi) is 6.11. The Morgan fingerprint density at radius 3 is 2.52 bits per heavy atom. The standard InChI is InChI=1S/C18H20FNO3/c1-2-22-18(21)17(20)11-13-7-9-15(10-8-13)23-12-14-5-3-4-6-16(14)19/h3-10,17H,2,11-12,20H2,1H3. The first-order valence-electron chi connectivity index (χ1n) is 7.47. The highest BCUT2D eigenvalue weighted by Gasteiger charge is 2.14. The van der Waals surface area contributed by atoms with Crippen LogP contribution in [0, 0.1) is 5.82 Å². The summed E-state index contributed by atoms with van der Waals surface area (Å²) in [6, 6.07) is 13.0. The average molecular weight is 317 g/mol. The van der Waals surface area contributed by atoms with Crippen molar-refractivity contribution in [2.75, 3.05) is 6.61 Å². The number of hydrogen-bond donors (Lipinski definition) is 1. The first kappa shape index (κ1) is 17.0. The van der Waals surface area contributed by atoms with E-state index in [0.29, 0.717) is 24.3 Å². The molecule has 2 rings (SSSR count). The summed E-state index contributed by atoms with van der Waals surface area (Å²) in [7, 11) is 0. The highest BCUT2D eigenvalue weighted by atomic mass is 19.1. The summed E-state index contributed by atoms with van der Waals surface area (Å²) in [6.45, 7) is 2.22. The first-order chi connectivity index (χ1) is 11.1. The van der Waals surface area contributed by atoms with Gasteiger partial charge in [-0.15, -0.1) is 0 Å². The van der Waals surface area contributed by atoms with Gasteiger partial charge in [-0.05, 0) is 37.1 Å². The molecule has 0 saturated carbocycles. The van der Waals surface area contributed by atoms with Gasteiger partial charge in [0, 0.05) is 5.56 Å². The van der Waals surface area contributed by atoms with E-state index in [2.05, 4.69) is 0 Å².